The van der Waals surface area contributed by atoms with Crippen molar-refractivity contribution in [3.63, 3.8) is 0 Å². The fourth-order valence-corrected chi connectivity index (χ4v) is 2.30. The average molecular weight is 269 g/mol. The molecule has 2 N–H and O–H groups in total. The zero-order valence-corrected chi connectivity index (χ0v) is 12.1. The van der Waals surface area contributed by atoms with Gasteiger partial charge in [-0.25, -0.2) is 0 Å². The van der Waals surface area contributed by atoms with Gasteiger partial charge >= 0.3 is 0 Å². The summed E-state index contributed by atoms with van der Waals surface area (Å²) in [5.74, 6) is 0. The van der Waals surface area contributed by atoms with Crippen molar-refractivity contribution in [3.05, 3.63) is 59.9 Å². The lowest BCUT2D eigenvalue weighted by atomic mass is 10.1. The molecule has 106 valence electrons. The van der Waals surface area contributed by atoms with Crippen LogP contribution in [0.2, 0.25) is 0 Å². The Morgan fingerprint density at radius 3 is 2.50 bits per heavy atom. The van der Waals surface area contributed by atoms with Crippen molar-refractivity contribution in [1.82, 2.24) is 9.88 Å². The molecule has 1 aromatic heterocycles. The molecule has 20 heavy (non-hydrogen) atoms. The maximum absolute atomic E-state index is 5.73. The average Bonchev–Trinajstić information content (AvgIpc) is 2.48. The van der Waals surface area contributed by atoms with Crippen LogP contribution in [0.15, 0.2) is 48.8 Å². The molecule has 0 atom stereocenters. The van der Waals surface area contributed by atoms with Crippen LogP contribution < -0.4 is 5.73 Å². The second-order valence-corrected chi connectivity index (χ2v) is 5.13. The van der Waals surface area contributed by atoms with Crippen LogP contribution >= 0.6 is 0 Å². The summed E-state index contributed by atoms with van der Waals surface area (Å²) in [4.78, 5) is 6.65. The Labute approximate surface area is 121 Å². The van der Waals surface area contributed by atoms with Gasteiger partial charge in [0.2, 0.25) is 0 Å². The molecule has 0 aliphatic heterocycles. The number of hydrogen-bond donors (Lipinski definition) is 1. The van der Waals surface area contributed by atoms with E-state index in [9.17, 15) is 0 Å². The summed E-state index contributed by atoms with van der Waals surface area (Å²) in [6.07, 6.45) is 5.99. The predicted octanol–water partition coefficient (Wildman–Crippen LogP) is 3.12. The highest BCUT2D eigenvalue weighted by Crippen LogP contribution is 2.10. The lowest BCUT2D eigenvalue weighted by Crippen LogP contribution is -2.26. The molecule has 0 unspecified atom stereocenters. The number of benzene rings is 1. The summed E-state index contributed by atoms with van der Waals surface area (Å²) >= 11 is 0. The molecule has 0 amide bonds. The van der Waals surface area contributed by atoms with Crippen LogP contribution in [0.3, 0.4) is 0 Å². The van der Waals surface area contributed by atoms with E-state index in [4.69, 9.17) is 5.73 Å². The van der Waals surface area contributed by atoms with E-state index >= 15 is 0 Å². The van der Waals surface area contributed by atoms with Gasteiger partial charge in [0.05, 0.1) is 0 Å². The highest BCUT2D eigenvalue weighted by molar-refractivity contribution is 5.39. The highest BCUT2D eigenvalue weighted by Gasteiger charge is 2.05. The zero-order valence-electron chi connectivity index (χ0n) is 12.1. The van der Waals surface area contributed by atoms with Gasteiger partial charge in [0.25, 0.3) is 0 Å². The third kappa shape index (κ3) is 4.67. The van der Waals surface area contributed by atoms with Crippen LogP contribution in [0.4, 0.5) is 5.69 Å². The predicted molar refractivity (Wildman–Crippen MR) is 84.4 cm³/mol. The molecule has 1 heterocycles. The van der Waals surface area contributed by atoms with E-state index in [0.29, 0.717) is 0 Å². The molecule has 3 nitrogen and oxygen atoms in total. The summed E-state index contributed by atoms with van der Waals surface area (Å²) in [7, 11) is 0. The van der Waals surface area contributed by atoms with Gasteiger partial charge in [-0.1, -0.05) is 25.1 Å². The molecule has 0 aliphatic rings. The molecule has 0 bridgehead atoms. The van der Waals surface area contributed by atoms with Crippen LogP contribution in [-0.2, 0) is 13.0 Å². The van der Waals surface area contributed by atoms with Gasteiger partial charge in [0.1, 0.15) is 0 Å². The number of nitrogens with zero attached hydrogens (tertiary/aromatic N) is 2. The maximum atomic E-state index is 5.73. The molecule has 0 radical (unpaired) electrons. The molecule has 0 aliphatic carbocycles. The third-order valence-electron chi connectivity index (χ3n) is 3.37. The quantitative estimate of drug-likeness (QED) is 0.785. The van der Waals surface area contributed by atoms with E-state index in [1.807, 2.05) is 30.6 Å². The number of anilines is 1. The van der Waals surface area contributed by atoms with E-state index in [1.54, 1.807) is 0 Å². The van der Waals surface area contributed by atoms with Gasteiger partial charge in [-0.3, -0.25) is 9.88 Å². The van der Waals surface area contributed by atoms with Gasteiger partial charge < -0.3 is 5.73 Å². The van der Waals surface area contributed by atoms with Crippen molar-refractivity contribution >= 4 is 5.69 Å². The molecule has 0 saturated heterocycles. The Hall–Kier alpha value is -1.87. The highest BCUT2D eigenvalue weighted by atomic mass is 15.1. The van der Waals surface area contributed by atoms with E-state index in [2.05, 4.69) is 35.0 Å². The van der Waals surface area contributed by atoms with Crippen molar-refractivity contribution in [1.29, 1.82) is 0 Å². The number of aromatic nitrogens is 1. The van der Waals surface area contributed by atoms with Crippen LogP contribution in [0.25, 0.3) is 0 Å². The summed E-state index contributed by atoms with van der Waals surface area (Å²) in [6, 6.07) is 12.3. The van der Waals surface area contributed by atoms with Crippen molar-refractivity contribution in [2.24, 2.45) is 0 Å². The number of nitrogens with two attached hydrogens (primary N) is 1. The summed E-state index contributed by atoms with van der Waals surface area (Å²) in [5.41, 5.74) is 9.17. The van der Waals surface area contributed by atoms with E-state index in [1.165, 1.54) is 17.5 Å². The van der Waals surface area contributed by atoms with Crippen molar-refractivity contribution in [2.75, 3.05) is 18.8 Å². The molecule has 3 heteroatoms. The second kappa shape index (κ2) is 7.65. The third-order valence-corrected chi connectivity index (χ3v) is 3.37. The molecular weight excluding hydrogens is 246 g/mol. The Bertz CT molecular complexity index is 493. The van der Waals surface area contributed by atoms with E-state index in [-0.39, 0.29) is 0 Å². The minimum absolute atomic E-state index is 0.825. The van der Waals surface area contributed by atoms with Crippen LogP contribution in [0.1, 0.15) is 24.5 Å². The SMILES string of the molecule is CCCN(CCc1cccnc1)Cc1ccc(N)cc1. The van der Waals surface area contributed by atoms with Crippen molar-refractivity contribution in [2.45, 2.75) is 26.3 Å². The monoisotopic (exact) mass is 269 g/mol. The standard InChI is InChI=1S/C17H23N3/c1-2-11-20(12-9-15-4-3-10-19-13-15)14-16-5-7-17(18)8-6-16/h3-8,10,13H,2,9,11-12,14,18H2,1H3. The minimum atomic E-state index is 0.825. The van der Waals surface area contributed by atoms with Gasteiger partial charge in [-0.15, -0.1) is 0 Å². The van der Waals surface area contributed by atoms with Gasteiger partial charge in [0.15, 0.2) is 0 Å². The molecule has 2 aromatic rings. The molecule has 1 aromatic carbocycles. The smallest absolute Gasteiger partial charge is 0.0314 e. The first-order valence-electron chi connectivity index (χ1n) is 7.23. The summed E-state index contributed by atoms with van der Waals surface area (Å²) in [5, 5.41) is 0. The molecule has 0 fully saturated rings. The number of nitrogen functional groups attached to an aromatic ring is 1. The molecule has 0 saturated carbocycles. The fourth-order valence-electron chi connectivity index (χ4n) is 2.30. The lowest BCUT2D eigenvalue weighted by molar-refractivity contribution is 0.269. The van der Waals surface area contributed by atoms with E-state index < -0.39 is 0 Å². The summed E-state index contributed by atoms with van der Waals surface area (Å²) < 4.78 is 0. The zero-order chi connectivity index (χ0) is 14.2. The molecule has 2 rings (SSSR count). The largest absolute Gasteiger partial charge is 0.399 e. The topological polar surface area (TPSA) is 42.2 Å². The number of hydrogen-bond acceptors (Lipinski definition) is 3. The Morgan fingerprint density at radius 2 is 1.85 bits per heavy atom. The van der Waals surface area contributed by atoms with Crippen LogP contribution in [0.5, 0.6) is 0 Å². The maximum Gasteiger partial charge on any atom is 0.0314 e. The normalized spacial score (nSPS) is 10.9. The minimum Gasteiger partial charge on any atom is -0.399 e. The molecule has 0 spiro atoms. The Kier molecular flexibility index (Phi) is 5.56. The lowest BCUT2D eigenvalue weighted by Gasteiger charge is -2.21. The van der Waals surface area contributed by atoms with Gasteiger partial charge in [-0.2, -0.15) is 0 Å². The first kappa shape index (κ1) is 14.5. The Balaban J connectivity index is 1.91. The van der Waals surface area contributed by atoms with Gasteiger partial charge in [0, 0.05) is 31.2 Å². The number of rotatable bonds is 7. The molecular formula is C17H23N3. The first-order valence-corrected chi connectivity index (χ1v) is 7.23. The van der Waals surface area contributed by atoms with Crippen molar-refractivity contribution < 1.29 is 0 Å². The first-order chi connectivity index (χ1) is 9.78. The second-order valence-electron chi connectivity index (χ2n) is 5.13. The van der Waals surface area contributed by atoms with E-state index in [0.717, 1.165) is 31.7 Å². The van der Waals surface area contributed by atoms with Crippen molar-refractivity contribution in [3.8, 4) is 0 Å². The number of pyridine rings is 1. The van der Waals surface area contributed by atoms with Gasteiger partial charge in [-0.05, 0) is 48.7 Å². The summed E-state index contributed by atoms with van der Waals surface area (Å²) in [6.45, 7) is 5.38. The van der Waals surface area contributed by atoms with Crippen LogP contribution in [-0.4, -0.2) is 23.0 Å². The Morgan fingerprint density at radius 1 is 1.05 bits per heavy atom. The van der Waals surface area contributed by atoms with Crippen LogP contribution in [0, 0.1) is 0 Å². The fraction of sp³-hybridized carbons (Fsp3) is 0.353.